The van der Waals surface area contributed by atoms with E-state index in [9.17, 15) is 5.26 Å². The molecule has 0 spiro atoms. The van der Waals surface area contributed by atoms with Crippen molar-refractivity contribution in [2.24, 2.45) is 0 Å². The summed E-state index contributed by atoms with van der Waals surface area (Å²) in [6.07, 6.45) is 0.829. The average molecular weight is 1150 g/mol. The lowest BCUT2D eigenvalue weighted by Gasteiger charge is -2.31. The third kappa shape index (κ3) is 8.27. The largest absolute Gasteiger partial charge is 0.307 e. The molecular formula is C86H62N4. The zero-order valence-electron chi connectivity index (χ0n) is 50.7. The minimum atomic E-state index is -0.429. The molecule has 3 heterocycles. The number of aromatic nitrogens is 3. The molecule has 0 amide bonds. The van der Waals surface area contributed by atoms with E-state index in [1.54, 1.807) is 0 Å². The van der Waals surface area contributed by atoms with E-state index >= 15 is 0 Å². The molecule has 4 heteroatoms. The summed E-state index contributed by atoms with van der Waals surface area (Å²) < 4.78 is 7.65. The van der Waals surface area contributed by atoms with Crippen LogP contribution in [0.1, 0.15) is 50.8 Å². The Morgan fingerprint density at radius 3 is 0.722 bits per heavy atom. The first-order valence-electron chi connectivity index (χ1n) is 31.3. The fourth-order valence-corrected chi connectivity index (χ4v) is 15.7. The van der Waals surface area contributed by atoms with Crippen LogP contribution in [0.15, 0.2) is 291 Å². The highest BCUT2D eigenvalue weighted by Crippen LogP contribution is 2.58. The lowest BCUT2D eigenvalue weighted by molar-refractivity contribution is 0.402. The Bertz CT molecular complexity index is 5300. The second-order valence-electron chi connectivity index (χ2n) is 25.8. The van der Waals surface area contributed by atoms with E-state index in [0.717, 1.165) is 161 Å². The quantitative estimate of drug-likeness (QED) is 0.142. The summed E-state index contributed by atoms with van der Waals surface area (Å²) in [4.78, 5) is 0. The van der Waals surface area contributed by atoms with Crippen LogP contribution in [0.4, 0.5) is 0 Å². The topological polar surface area (TPSA) is 38.6 Å². The third-order valence-electron chi connectivity index (χ3n) is 19.4. The molecular weight excluding hydrogens is 1090 g/mol. The summed E-state index contributed by atoms with van der Waals surface area (Å²) in [6.45, 7) is 9.59. The van der Waals surface area contributed by atoms with Crippen LogP contribution in [0.5, 0.6) is 0 Å². The molecule has 0 radical (unpaired) electrons. The summed E-state index contributed by atoms with van der Waals surface area (Å²) in [5.74, 6) is 0. The molecule has 3 aromatic heterocycles. The zero-order chi connectivity index (χ0) is 60.4. The Balaban J connectivity index is 1.11. The summed E-state index contributed by atoms with van der Waals surface area (Å²) in [6, 6.07) is 110. The van der Waals surface area contributed by atoms with Crippen LogP contribution in [0.3, 0.4) is 0 Å². The van der Waals surface area contributed by atoms with Gasteiger partial charge in [0.1, 0.15) is 6.07 Å². The van der Waals surface area contributed by atoms with Crippen molar-refractivity contribution in [1.29, 1.82) is 5.26 Å². The van der Waals surface area contributed by atoms with Gasteiger partial charge in [0, 0.05) is 32.3 Å². The smallest absolute Gasteiger partial charge is 0.102 e. The number of fused-ring (bicyclic) bond motifs is 10. The minimum Gasteiger partial charge on any atom is -0.307 e. The molecule has 1 aliphatic carbocycles. The van der Waals surface area contributed by atoms with Gasteiger partial charge in [-0.05, 0) is 168 Å². The maximum absolute atomic E-state index is 12.8. The van der Waals surface area contributed by atoms with Crippen LogP contribution >= 0.6 is 0 Å². The Hall–Kier alpha value is -11.3. The van der Waals surface area contributed by atoms with Gasteiger partial charge in [-0.15, -0.1) is 0 Å². The highest BCUT2D eigenvalue weighted by molar-refractivity contribution is 6.17. The van der Waals surface area contributed by atoms with Gasteiger partial charge < -0.3 is 13.7 Å². The number of nitrogens with zero attached hydrogens (tertiary/aromatic N) is 4. The van der Waals surface area contributed by atoms with Crippen molar-refractivity contribution in [3.63, 3.8) is 0 Å². The number of nitriles is 1. The second kappa shape index (κ2) is 20.4. The van der Waals surface area contributed by atoms with Crippen molar-refractivity contribution < 1.29 is 0 Å². The molecule has 0 fully saturated rings. The van der Waals surface area contributed by atoms with Gasteiger partial charge in [-0.25, -0.2) is 0 Å². The van der Waals surface area contributed by atoms with Gasteiger partial charge in [0.25, 0.3) is 0 Å². The van der Waals surface area contributed by atoms with Crippen LogP contribution in [-0.2, 0) is 10.8 Å². The maximum Gasteiger partial charge on any atom is 0.102 e. The normalized spacial score (nSPS) is 13.5. The van der Waals surface area contributed by atoms with Gasteiger partial charge in [-0.2, -0.15) is 5.26 Å². The summed E-state index contributed by atoms with van der Waals surface area (Å²) in [7, 11) is 0. The summed E-state index contributed by atoms with van der Waals surface area (Å²) >= 11 is 0. The zero-order valence-corrected chi connectivity index (χ0v) is 50.7. The molecule has 0 unspecified atom stereocenters. The fraction of sp³-hybridized carbons (Fsp3) is 0.0814. The average Bonchev–Trinajstić information content (AvgIpc) is 1.48. The van der Waals surface area contributed by atoms with E-state index in [1.165, 1.54) is 5.56 Å². The Kier molecular flexibility index (Phi) is 12.0. The molecule has 0 bridgehead atoms. The van der Waals surface area contributed by atoms with E-state index in [1.807, 2.05) is 0 Å². The van der Waals surface area contributed by atoms with E-state index in [2.05, 4.69) is 339 Å². The van der Waals surface area contributed by atoms with Crippen LogP contribution in [0, 0.1) is 11.3 Å². The molecule has 90 heavy (non-hydrogen) atoms. The van der Waals surface area contributed by atoms with Crippen molar-refractivity contribution in [3.05, 3.63) is 308 Å². The number of rotatable bonds is 9. The van der Waals surface area contributed by atoms with Crippen LogP contribution in [0.2, 0.25) is 0 Å². The lowest BCUT2D eigenvalue weighted by Crippen LogP contribution is -2.20. The predicted molar refractivity (Wildman–Crippen MR) is 377 cm³/mol. The standard InChI is InChI=1S/C86H62N4/c1-85(2)54-86(3,4)81-80(85)73(53-87)82(88-74-41-35-61(55-23-11-5-12-24-55)47-67(74)68-48-62(36-42-75(68)88)56-25-13-6-14-26-56)84(90-78-45-39-65(59-31-19-9-20-32-59)51-71(78)72-52-66(40-46-79(72)90)60-33-21-10-22-34-60)83(81)89-76-43-37-63(57-27-15-7-16-28-57)49-69(76)70-50-64(38-44-77(70)89)58-29-17-8-18-30-58/h5-52H,54H2,1-4H3. The van der Waals surface area contributed by atoms with E-state index < -0.39 is 10.8 Å². The summed E-state index contributed by atoms with van der Waals surface area (Å²) in [5, 5.41) is 19.5. The summed E-state index contributed by atoms with van der Waals surface area (Å²) in [5.41, 5.74) is 25.1. The van der Waals surface area contributed by atoms with Crippen LogP contribution < -0.4 is 0 Å². The SMILES string of the molecule is CC1(C)CC(C)(C)c2c(-n3c4ccc(-c5ccccc5)cc4c4cc(-c5ccccc5)ccc43)c(-n3c4ccc(-c5ccccc5)cc4c4cc(-c5ccccc5)ccc43)c(-n3c4ccc(-c5ccccc5)cc4c4cc(-c5ccccc5)ccc43)c(C#N)c21. The lowest BCUT2D eigenvalue weighted by atomic mass is 9.81. The van der Waals surface area contributed by atoms with Crippen molar-refractivity contribution in [1.82, 2.24) is 13.7 Å². The first kappa shape index (κ1) is 53.0. The molecule has 1 aliphatic rings. The highest BCUT2D eigenvalue weighted by Gasteiger charge is 2.49. The van der Waals surface area contributed by atoms with Crippen molar-refractivity contribution in [2.75, 3.05) is 0 Å². The highest BCUT2D eigenvalue weighted by atomic mass is 15.1. The molecule has 0 saturated carbocycles. The van der Waals surface area contributed by atoms with Crippen molar-refractivity contribution >= 4 is 65.4 Å². The van der Waals surface area contributed by atoms with Gasteiger partial charge in [0.15, 0.2) is 0 Å². The molecule has 16 aromatic rings. The van der Waals surface area contributed by atoms with Crippen molar-refractivity contribution in [3.8, 4) is 89.9 Å². The number of benzene rings is 13. The molecule has 4 nitrogen and oxygen atoms in total. The molecule has 0 atom stereocenters. The Morgan fingerprint density at radius 1 is 0.256 bits per heavy atom. The third-order valence-corrected chi connectivity index (χ3v) is 19.4. The molecule has 0 saturated heterocycles. The Labute approximate surface area is 524 Å². The van der Waals surface area contributed by atoms with E-state index in [4.69, 9.17) is 0 Å². The van der Waals surface area contributed by atoms with Crippen LogP contribution in [0.25, 0.3) is 149 Å². The first-order chi connectivity index (χ1) is 44.1. The minimum absolute atomic E-state index is 0.417. The van der Waals surface area contributed by atoms with Crippen molar-refractivity contribution in [2.45, 2.75) is 44.9 Å². The first-order valence-corrected chi connectivity index (χ1v) is 31.3. The van der Waals surface area contributed by atoms with Gasteiger partial charge >= 0.3 is 0 Å². The van der Waals surface area contributed by atoms with Crippen LogP contribution in [-0.4, -0.2) is 13.7 Å². The maximum atomic E-state index is 12.8. The van der Waals surface area contributed by atoms with Gasteiger partial charge in [0.05, 0.1) is 55.7 Å². The molecule has 0 N–H and O–H groups in total. The second-order valence-corrected chi connectivity index (χ2v) is 25.8. The predicted octanol–water partition coefficient (Wildman–Crippen LogP) is 22.8. The monoisotopic (exact) mass is 1150 g/mol. The number of hydrogen-bond acceptors (Lipinski definition) is 1. The molecule has 426 valence electrons. The fourth-order valence-electron chi connectivity index (χ4n) is 15.7. The van der Waals surface area contributed by atoms with Gasteiger partial charge in [-0.3, -0.25) is 0 Å². The van der Waals surface area contributed by atoms with E-state index in [-0.39, 0.29) is 0 Å². The molecule has 13 aromatic carbocycles. The molecule has 17 rings (SSSR count). The molecule has 0 aliphatic heterocycles. The van der Waals surface area contributed by atoms with E-state index in [0.29, 0.717) is 5.56 Å². The Morgan fingerprint density at radius 2 is 0.478 bits per heavy atom. The van der Waals surface area contributed by atoms with Gasteiger partial charge in [0.2, 0.25) is 0 Å². The number of hydrogen-bond donors (Lipinski definition) is 0. The van der Waals surface area contributed by atoms with Gasteiger partial charge in [-0.1, -0.05) is 246 Å².